The summed E-state index contributed by atoms with van der Waals surface area (Å²) in [6, 6.07) is 2.08. The Morgan fingerprint density at radius 1 is 1.38 bits per heavy atom. The van der Waals surface area contributed by atoms with Crippen molar-refractivity contribution in [3.05, 3.63) is 18.7 Å². The second-order valence-electron chi connectivity index (χ2n) is 4.31. The number of nitrogens with two attached hydrogens (primary N) is 1. The fourth-order valence-corrected chi connectivity index (χ4v) is 1.96. The maximum atomic E-state index is 8.96. The number of rotatable bonds is 3. The number of hydrogen-bond acceptors (Lipinski definition) is 9. The van der Waals surface area contributed by atoms with E-state index in [0.29, 0.717) is 31.6 Å². The van der Waals surface area contributed by atoms with Gasteiger partial charge in [0.25, 0.3) is 0 Å². The molecule has 0 saturated carbocycles. The van der Waals surface area contributed by atoms with Gasteiger partial charge in [-0.25, -0.2) is 10.8 Å². The fraction of sp³-hybridized carbons (Fsp3) is 0.364. The lowest BCUT2D eigenvalue weighted by Gasteiger charge is -2.29. The topological polar surface area (TPSA) is 131 Å². The van der Waals surface area contributed by atoms with Crippen LogP contribution in [0.4, 0.5) is 11.9 Å². The number of nitriles is 1. The normalized spacial score (nSPS) is 18.3. The van der Waals surface area contributed by atoms with Crippen LogP contribution in [-0.4, -0.2) is 50.3 Å². The van der Waals surface area contributed by atoms with Gasteiger partial charge in [0.2, 0.25) is 17.8 Å². The van der Waals surface area contributed by atoms with Gasteiger partial charge in [-0.15, -0.1) is 0 Å². The highest BCUT2D eigenvalue weighted by molar-refractivity contribution is 5.40. The van der Waals surface area contributed by atoms with Crippen LogP contribution in [0, 0.1) is 11.3 Å². The molecule has 0 spiro atoms. The molecule has 2 aromatic heterocycles. The number of aromatic nitrogens is 5. The van der Waals surface area contributed by atoms with E-state index in [4.69, 9.17) is 15.8 Å². The molecule has 0 aliphatic carbocycles. The van der Waals surface area contributed by atoms with E-state index < -0.39 is 6.10 Å². The molecule has 3 rings (SSSR count). The fourth-order valence-electron chi connectivity index (χ4n) is 1.96. The zero-order chi connectivity index (χ0) is 14.7. The van der Waals surface area contributed by atoms with Gasteiger partial charge in [-0.3, -0.25) is 9.99 Å². The molecule has 21 heavy (non-hydrogen) atoms. The molecule has 0 radical (unpaired) electrons. The lowest BCUT2D eigenvalue weighted by atomic mass is 10.3. The van der Waals surface area contributed by atoms with E-state index in [9.17, 15) is 0 Å². The van der Waals surface area contributed by atoms with Crippen LogP contribution < -0.4 is 16.2 Å². The summed E-state index contributed by atoms with van der Waals surface area (Å²) >= 11 is 0. The Kier molecular flexibility index (Phi) is 3.59. The number of anilines is 2. The summed E-state index contributed by atoms with van der Waals surface area (Å²) in [5.74, 6) is 6.47. The van der Waals surface area contributed by atoms with Crippen LogP contribution in [0.1, 0.15) is 0 Å². The molecule has 0 amide bonds. The number of hydrogen-bond donors (Lipinski definition) is 2. The van der Waals surface area contributed by atoms with Crippen LogP contribution in [0.3, 0.4) is 0 Å². The Morgan fingerprint density at radius 3 is 2.95 bits per heavy atom. The molecular formula is C11H13N9O. The predicted octanol–water partition coefficient (Wildman–Crippen LogP) is -0.928. The van der Waals surface area contributed by atoms with Gasteiger partial charge in [-0.05, 0) is 0 Å². The molecular weight excluding hydrogens is 274 g/mol. The zero-order valence-electron chi connectivity index (χ0n) is 11.0. The Balaban J connectivity index is 1.94. The highest BCUT2D eigenvalue weighted by Crippen LogP contribution is 2.16. The molecule has 0 bridgehead atoms. The number of morpholine rings is 1. The zero-order valence-corrected chi connectivity index (χ0v) is 11.0. The average Bonchev–Trinajstić information content (AvgIpc) is 3.09. The molecule has 1 unspecified atom stereocenters. The highest BCUT2D eigenvalue weighted by Gasteiger charge is 2.23. The lowest BCUT2D eigenvalue weighted by molar-refractivity contribution is 0.0758. The molecule has 108 valence electrons. The minimum Gasteiger partial charge on any atom is -0.360 e. The van der Waals surface area contributed by atoms with E-state index in [1.807, 2.05) is 4.90 Å². The maximum Gasteiger partial charge on any atom is 0.243 e. The molecule has 1 aliphatic heterocycles. The van der Waals surface area contributed by atoms with Gasteiger partial charge in [0.05, 0.1) is 19.2 Å². The largest absolute Gasteiger partial charge is 0.360 e. The molecule has 3 N–H and O–H groups in total. The number of nitrogens with one attached hydrogen (secondary N) is 1. The summed E-state index contributed by atoms with van der Waals surface area (Å²) in [6.07, 6.45) is 4.43. The molecule has 1 atom stereocenters. The van der Waals surface area contributed by atoms with Crippen molar-refractivity contribution in [3.63, 3.8) is 0 Å². The Labute approximate surface area is 120 Å². The summed E-state index contributed by atoms with van der Waals surface area (Å²) in [5, 5.41) is 8.96. The van der Waals surface area contributed by atoms with Crippen molar-refractivity contribution >= 4 is 11.9 Å². The number of nitrogens with zero attached hydrogens (tertiary/aromatic N) is 7. The Morgan fingerprint density at radius 2 is 2.24 bits per heavy atom. The monoisotopic (exact) mass is 287 g/mol. The van der Waals surface area contributed by atoms with Gasteiger partial charge >= 0.3 is 0 Å². The third kappa shape index (κ3) is 2.73. The van der Waals surface area contributed by atoms with E-state index in [2.05, 4.69) is 31.4 Å². The first-order valence-electron chi connectivity index (χ1n) is 6.27. The smallest absolute Gasteiger partial charge is 0.243 e. The van der Waals surface area contributed by atoms with Crippen molar-refractivity contribution in [2.45, 2.75) is 6.10 Å². The number of imidazole rings is 1. The minimum atomic E-state index is -0.499. The Hall–Kier alpha value is -2.77. The van der Waals surface area contributed by atoms with Gasteiger partial charge in [-0.2, -0.15) is 20.2 Å². The third-order valence-electron chi connectivity index (χ3n) is 2.97. The first-order chi connectivity index (χ1) is 10.3. The van der Waals surface area contributed by atoms with Crippen molar-refractivity contribution in [3.8, 4) is 12.0 Å². The molecule has 10 heteroatoms. The van der Waals surface area contributed by atoms with Gasteiger partial charge < -0.3 is 9.64 Å². The van der Waals surface area contributed by atoms with Crippen LogP contribution in [0.15, 0.2) is 18.7 Å². The standard InChI is InChI=1S/C11H13N9O/c12-5-8-6-19(3-4-21-8)10-15-9(18-13)16-11(17-10)20-2-1-14-7-20/h1-2,7-8H,3-4,6,13H2,(H,15,16,17,18). The van der Waals surface area contributed by atoms with Crippen LogP contribution >= 0.6 is 0 Å². The molecule has 2 aromatic rings. The van der Waals surface area contributed by atoms with E-state index in [0.717, 1.165) is 0 Å². The second-order valence-corrected chi connectivity index (χ2v) is 4.31. The van der Waals surface area contributed by atoms with Gasteiger partial charge in [-0.1, -0.05) is 0 Å². The molecule has 1 fully saturated rings. The van der Waals surface area contributed by atoms with Crippen LogP contribution in [0.25, 0.3) is 5.95 Å². The van der Waals surface area contributed by atoms with Crippen molar-refractivity contribution in [1.29, 1.82) is 5.26 Å². The van der Waals surface area contributed by atoms with Crippen LogP contribution in [0.5, 0.6) is 0 Å². The molecule has 1 aliphatic rings. The number of ether oxygens (including phenoxy) is 1. The average molecular weight is 287 g/mol. The quantitative estimate of drug-likeness (QED) is 0.543. The summed E-state index contributed by atoms with van der Waals surface area (Å²) in [5.41, 5.74) is 2.42. The first-order valence-corrected chi connectivity index (χ1v) is 6.27. The summed E-state index contributed by atoms with van der Waals surface area (Å²) in [7, 11) is 0. The van der Waals surface area contributed by atoms with Crippen LogP contribution in [0.2, 0.25) is 0 Å². The van der Waals surface area contributed by atoms with Gasteiger partial charge in [0.15, 0.2) is 6.10 Å². The number of hydrazine groups is 1. The van der Waals surface area contributed by atoms with Crippen molar-refractivity contribution in [2.75, 3.05) is 30.0 Å². The van der Waals surface area contributed by atoms with E-state index in [1.165, 1.54) is 0 Å². The lowest BCUT2D eigenvalue weighted by Crippen LogP contribution is -2.43. The van der Waals surface area contributed by atoms with E-state index in [-0.39, 0.29) is 5.95 Å². The van der Waals surface area contributed by atoms with E-state index in [1.54, 1.807) is 23.3 Å². The molecule has 0 aromatic carbocycles. The second kappa shape index (κ2) is 5.70. The van der Waals surface area contributed by atoms with Gasteiger partial charge in [0.1, 0.15) is 6.33 Å². The molecule has 1 saturated heterocycles. The minimum absolute atomic E-state index is 0.240. The SMILES string of the molecule is N#CC1CN(c2nc(NN)nc(-n3ccnc3)n2)CCO1. The summed E-state index contributed by atoms with van der Waals surface area (Å²) in [4.78, 5) is 18.6. The van der Waals surface area contributed by atoms with Gasteiger partial charge in [0, 0.05) is 18.9 Å². The van der Waals surface area contributed by atoms with Crippen molar-refractivity contribution < 1.29 is 4.74 Å². The first kappa shape index (κ1) is 13.2. The van der Waals surface area contributed by atoms with Crippen molar-refractivity contribution in [2.24, 2.45) is 5.84 Å². The van der Waals surface area contributed by atoms with Crippen LogP contribution in [-0.2, 0) is 4.74 Å². The highest BCUT2D eigenvalue weighted by atomic mass is 16.5. The maximum absolute atomic E-state index is 8.96. The summed E-state index contributed by atoms with van der Waals surface area (Å²) < 4.78 is 6.96. The van der Waals surface area contributed by atoms with Crippen molar-refractivity contribution in [1.82, 2.24) is 24.5 Å². The predicted molar refractivity (Wildman–Crippen MR) is 72.3 cm³/mol. The Bertz CT molecular complexity index is 650. The molecule has 3 heterocycles. The molecule has 10 nitrogen and oxygen atoms in total. The third-order valence-corrected chi connectivity index (χ3v) is 2.97. The van der Waals surface area contributed by atoms with E-state index >= 15 is 0 Å². The summed E-state index contributed by atoms with van der Waals surface area (Å²) in [6.45, 7) is 1.43. The number of nitrogen functional groups attached to an aromatic ring is 1.